The Bertz CT molecular complexity index is 142. The van der Waals surface area contributed by atoms with Crippen molar-refractivity contribution in [2.45, 2.75) is 32.6 Å². The molecule has 0 nitrogen and oxygen atoms in total. The van der Waals surface area contributed by atoms with Crippen LogP contribution >= 0.6 is 0 Å². The van der Waals surface area contributed by atoms with Gasteiger partial charge < -0.3 is 0 Å². The van der Waals surface area contributed by atoms with Crippen molar-refractivity contribution in [3.63, 3.8) is 0 Å². The van der Waals surface area contributed by atoms with E-state index in [9.17, 15) is 0 Å². The highest BCUT2D eigenvalue weighted by atomic mass is 14.2. The topological polar surface area (TPSA) is 0 Å². The minimum atomic E-state index is 0.787. The lowest BCUT2D eigenvalue weighted by atomic mass is 9.87. The minimum Gasteiger partial charge on any atom is -0.0996 e. The van der Waals surface area contributed by atoms with Crippen molar-refractivity contribution in [3.8, 4) is 0 Å². The lowest BCUT2D eigenvalue weighted by molar-refractivity contribution is 0.541. The van der Waals surface area contributed by atoms with Crippen molar-refractivity contribution in [2.24, 2.45) is 5.92 Å². The average Bonchev–Trinajstić information content (AvgIpc) is 2.05. The van der Waals surface area contributed by atoms with Crippen LogP contribution in [0, 0.1) is 5.92 Å². The van der Waals surface area contributed by atoms with Crippen molar-refractivity contribution in [1.29, 1.82) is 0 Å². The van der Waals surface area contributed by atoms with E-state index in [0.29, 0.717) is 0 Å². The van der Waals surface area contributed by atoms with Crippen LogP contribution in [-0.2, 0) is 0 Å². The monoisotopic (exact) mass is 136 g/mol. The van der Waals surface area contributed by atoms with Gasteiger partial charge in [-0.05, 0) is 31.6 Å². The maximum Gasteiger partial charge on any atom is -0.0169 e. The fraction of sp³-hybridized carbons (Fsp3) is 0.600. The third-order valence-electron chi connectivity index (χ3n) is 2.30. The summed E-state index contributed by atoms with van der Waals surface area (Å²) in [5, 5.41) is 0. The van der Waals surface area contributed by atoms with Crippen LogP contribution in [0.25, 0.3) is 0 Å². The zero-order valence-electron chi connectivity index (χ0n) is 6.77. The van der Waals surface area contributed by atoms with E-state index in [4.69, 9.17) is 0 Å². The summed E-state index contributed by atoms with van der Waals surface area (Å²) in [6, 6.07) is 0. The van der Waals surface area contributed by atoms with Gasteiger partial charge in [-0.1, -0.05) is 31.2 Å². The molecule has 0 amide bonds. The molecule has 0 radical (unpaired) electrons. The Balaban J connectivity index is 2.41. The minimum absolute atomic E-state index is 0.787. The van der Waals surface area contributed by atoms with Crippen LogP contribution in [0.2, 0.25) is 0 Å². The van der Waals surface area contributed by atoms with E-state index < -0.39 is 0 Å². The fourth-order valence-corrected chi connectivity index (χ4v) is 1.45. The van der Waals surface area contributed by atoms with Gasteiger partial charge in [0, 0.05) is 0 Å². The molecule has 56 valence electrons. The second-order valence-electron chi connectivity index (χ2n) is 2.99. The van der Waals surface area contributed by atoms with E-state index in [0.717, 1.165) is 12.3 Å². The zero-order valence-corrected chi connectivity index (χ0v) is 6.77. The van der Waals surface area contributed by atoms with Crippen molar-refractivity contribution in [1.82, 2.24) is 0 Å². The highest BCUT2D eigenvalue weighted by Crippen LogP contribution is 2.25. The summed E-state index contributed by atoms with van der Waals surface area (Å²) >= 11 is 0. The standard InChI is InChI=1S/C10H16/c1-3-9(2)10-7-5-4-6-8-10/h4-5,10H,2-3,6-8H2,1H3. The molecule has 0 heteroatoms. The summed E-state index contributed by atoms with van der Waals surface area (Å²) in [4.78, 5) is 0. The second-order valence-corrected chi connectivity index (χ2v) is 2.99. The molecule has 0 bridgehead atoms. The number of hydrogen-bond acceptors (Lipinski definition) is 0. The maximum absolute atomic E-state index is 4.06. The highest BCUT2D eigenvalue weighted by molar-refractivity contribution is 5.05. The fourth-order valence-electron chi connectivity index (χ4n) is 1.45. The number of rotatable bonds is 2. The van der Waals surface area contributed by atoms with Crippen molar-refractivity contribution in [2.75, 3.05) is 0 Å². The number of hydrogen-bond donors (Lipinski definition) is 0. The van der Waals surface area contributed by atoms with Gasteiger partial charge in [-0.2, -0.15) is 0 Å². The first-order valence-corrected chi connectivity index (χ1v) is 4.17. The lowest BCUT2D eigenvalue weighted by Gasteiger charge is -2.18. The van der Waals surface area contributed by atoms with Crippen LogP contribution in [0.4, 0.5) is 0 Å². The number of allylic oxidation sites excluding steroid dienone is 3. The average molecular weight is 136 g/mol. The first kappa shape index (κ1) is 7.59. The van der Waals surface area contributed by atoms with E-state index in [-0.39, 0.29) is 0 Å². The summed E-state index contributed by atoms with van der Waals surface area (Å²) in [6.07, 6.45) is 9.52. The Morgan fingerprint density at radius 3 is 2.90 bits per heavy atom. The van der Waals surface area contributed by atoms with Gasteiger partial charge in [-0.15, -0.1) is 0 Å². The molecule has 1 rings (SSSR count). The van der Waals surface area contributed by atoms with Gasteiger partial charge >= 0.3 is 0 Å². The second kappa shape index (κ2) is 3.60. The molecular weight excluding hydrogens is 120 g/mol. The van der Waals surface area contributed by atoms with E-state index in [1.54, 1.807) is 0 Å². The molecule has 1 aliphatic carbocycles. The van der Waals surface area contributed by atoms with Gasteiger partial charge in [-0.3, -0.25) is 0 Å². The maximum atomic E-state index is 4.06. The zero-order chi connectivity index (χ0) is 7.40. The predicted octanol–water partition coefficient (Wildman–Crippen LogP) is 3.31. The molecule has 0 heterocycles. The normalized spacial score (nSPS) is 24.7. The van der Waals surface area contributed by atoms with Gasteiger partial charge in [-0.25, -0.2) is 0 Å². The van der Waals surface area contributed by atoms with Gasteiger partial charge in [0.1, 0.15) is 0 Å². The van der Waals surface area contributed by atoms with Crippen LogP contribution in [-0.4, -0.2) is 0 Å². The molecule has 0 saturated carbocycles. The SMILES string of the molecule is C=C(CC)C1CC=CCC1. The molecule has 0 aromatic rings. The molecule has 0 fully saturated rings. The Morgan fingerprint density at radius 1 is 1.60 bits per heavy atom. The molecule has 0 spiro atoms. The molecule has 0 saturated heterocycles. The molecular formula is C10H16. The van der Waals surface area contributed by atoms with Gasteiger partial charge in [0.15, 0.2) is 0 Å². The van der Waals surface area contributed by atoms with Crippen molar-refractivity contribution >= 4 is 0 Å². The molecule has 0 aliphatic heterocycles. The van der Waals surface area contributed by atoms with Gasteiger partial charge in [0.25, 0.3) is 0 Å². The van der Waals surface area contributed by atoms with Crippen LogP contribution in [0.1, 0.15) is 32.6 Å². The molecule has 1 aliphatic rings. The Hall–Kier alpha value is -0.520. The smallest absolute Gasteiger partial charge is 0.0169 e. The Morgan fingerprint density at radius 2 is 2.40 bits per heavy atom. The third kappa shape index (κ3) is 1.73. The van der Waals surface area contributed by atoms with E-state index in [2.05, 4.69) is 25.7 Å². The van der Waals surface area contributed by atoms with Crippen LogP contribution in [0.15, 0.2) is 24.3 Å². The summed E-state index contributed by atoms with van der Waals surface area (Å²) < 4.78 is 0. The van der Waals surface area contributed by atoms with E-state index in [1.807, 2.05) is 0 Å². The molecule has 0 N–H and O–H groups in total. The summed E-state index contributed by atoms with van der Waals surface area (Å²) in [6.45, 7) is 6.26. The molecule has 1 atom stereocenters. The van der Waals surface area contributed by atoms with Crippen molar-refractivity contribution < 1.29 is 0 Å². The van der Waals surface area contributed by atoms with Crippen LogP contribution in [0.3, 0.4) is 0 Å². The van der Waals surface area contributed by atoms with Gasteiger partial charge in [0.05, 0.1) is 0 Å². The molecule has 0 aromatic carbocycles. The third-order valence-corrected chi connectivity index (χ3v) is 2.30. The molecule has 10 heavy (non-hydrogen) atoms. The van der Waals surface area contributed by atoms with E-state index >= 15 is 0 Å². The van der Waals surface area contributed by atoms with Crippen molar-refractivity contribution in [3.05, 3.63) is 24.3 Å². The van der Waals surface area contributed by atoms with Crippen LogP contribution in [0.5, 0.6) is 0 Å². The Kier molecular flexibility index (Phi) is 2.73. The first-order chi connectivity index (χ1) is 4.84. The largest absolute Gasteiger partial charge is 0.0996 e. The van der Waals surface area contributed by atoms with Gasteiger partial charge in [0.2, 0.25) is 0 Å². The molecule has 1 unspecified atom stereocenters. The Labute approximate surface area is 63.6 Å². The first-order valence-electron chi connectivity index (χ1n) is 4.17. The quantitative estimate of drug-likeness (QED) is 0.511. The summed E-state index contributed by atoms with van der Waals surface area (Å²) in [7, 11) is 0. The van der Waals surface area contributed by atoms with Crippen LogP contribution < -0.4 is 0 Å². The predicted molar refractivity (Wildman–Crippen MR) is 45.9 cm³/mol. The van der Waals surface area contributed by atoms with E-state index in [1.165, 1.54) is 24.8 Å². The summed E-state index contributed by atoms with van der Waals surface area (Å²) in [5.41, 5.74) is 1.43. The highest BCUT2D eigenvalue weighted by Gasteiger charge is 2.10. The lowest BCUT2D eigenvalue weighted by Crippen LogP contribution is -2.04. The summed E-state index contributed by atoms with van der Waals surface area (Å²) in [5.74, 6) is 0.787. The molecule has 0 aromatic heterocycles.